The molecule has 1 amide bonds. The normalized spacial score (nSPS) is 12.2. The minimum absolute atomic E-state index is 0.0394. The van der Waals surface area contributed by atoms with Crippen LogP contribution in [0.1, 0.15) is 29.0 Å². The second kappa shape index (κ2) is 5.54. The van der Waals surface area contributed by atoms with Gasteiger partial charge in [0, 0.05) is 23.8 Å². The Balaban J connectivity index is 2.35. The highest BCUT2D eigenvalue weighted by atomic mass is 79.9. The highest BCUT2D eigenvalue weighted by Gasteiger charge is 2.10. The van der Waals surface area contributed by atoms with Crippen molar-refractivity contribution in [3.8, 4) is 5.69 Å². The predicted octanol–water partition coefficient (Wildman–Crippen LogP) is 2.01. The van der Waals surface area contributed by atoms with E-state index >= 15 is 0 Å². The van der Waals surface area contributed by atoms with Crippen molar-refractivity contribution < 1.29 is 4.79 Å². The third-order valence-electron chi connectivity index (χ3n) is 2.79. The molecule has 0 saturated heterocycles. The van der Waals surface area contributed by atoms with Crippen LogP contribution in [0.3, 0.4) is 0 Å². The molecule has 2 aromatic rings. The van der Waals surface area contributed by atoms with Crippen LogP contribution in [0.4, 0.5) is 0 Å². The average molecular weight is 323 g/mol. The van der Waals surface area contributed by atoms with Gasteiger partial charge in [-0.2, -0.15) is 5.10 Å². The summed E-state index contributed by atoms with van der Waals surface area (Å²) in [5.41, 5.74) is 8.14. The Morgan fingerprint density at radius 2 is 2.21 bits per heavy atom. The molecule has 0 bridgehead atoms. The third kappa shape index (κ3) is 2.85. The summed E-state index contributed by atoms with van der Waals surface area (Å²) in [6.45, 7) is 1.93. The first-order valence-electron chi connectivity index (χ1n) is 5.86. The predicted molar refractivity (Wildman–Crippen MR) is 77.3 cm³/mol. The number of halogens is 1. The number of benzene rings is 1. The summed E-state index contributed by atoms with van der Waals surface area (Å²) in [5, 5.41) is 6.76. The number of carbonyl (C=O) groups excluding carboxylic acids is 1. The molecule has 1 heterocycles. The molecule has 0 unspecified atom stereocenters. The number of nitrogens with one attached hydrogen (secondary N) is 1. The minimum atomic E-state index is -0.204. The highest BCUT2D eigenvalue weighted by Crippen LogP contribution is 2.24. The molecular formula is C13H15BrN4O. The summed E-state index contributed by atoms with van der Waals surface area (Å²) in [6, 6.07) is 7.43. The van der Waals surface area contributed by atoms with Crippen LogP contribution < -0.4 is 11.1 Å². The van der Waals surface area contributed by atoms with E-state index in [2.05, 4.69) is 26.3 Å². The first-order chi connectivity index (χ1) is 9.02. The number of rotatable bonds is 3. The molecule has 100 valence electrons. The maximum absolute atomic E-state index is 11.5. The van der Waals surface area contributed by atoms with Crippen molar-refractivity contribution in [2.24, 2.45) is 5.73 Å². The topological polar surface area (TPSA) is 72.9 Å². The second-order valence-electron chi connectivity index (χ2n) is 4.22. The van der Waals surface area contributed by atoms with Crippen LogP contribution in [0.5, 0.6) is 0 Å². The molecule has 1 aromatic heterocycles. The van der Waals surface area contributed by atoms with Gasteiger partial charge in [0.2, 0.25) is 0 Å². The monoisotopic (exact) mass is 322 g/mol. The van der Waals surface area contributed by atoms with E-state index in [-0.39, 0.29) is 11.9 Å². The van der Waals surface area contributed by atoms with Crippen molar-refractivity contribution in [2.45, 2.75) is 13.0 Å². The number of hydrogen-bond donors (Lipinski definition) is 2. The Labute approximate surface area is 119 Å². The Bertz CT molecular complexity index is 606. The lowest BCUT2D eigenvalue weighted by atomic mass is 10.1. The van der Waals surface area contributed by atoms with Gasteiger partial charge in [-0.15, -0.1) is 0 Å². The molecule has 0 saturated carbocycles. The highest BCUT2D eigenvalue weighted by molar-refractivity contribution is 9.10. The van der Waals surface area contributed by atoms with Gasteiger partial charge in [-0.25, -0.2) is 4.68 Å². The Morgan fingerprint density at radius 3 is 2.79 bits per heavy atom. The lowest BCUT2D eigenvalue weighted by Gasteiger charge is -2.10. The number of aromatic nitrogens is 2. The van der Waals surface area contributed by atoms with E-state index in [0.29, 0.717) is 5.69 Å². The first kappa shape index (κ1) is 13.8. The molecule has 0 spiro atoms. The van der Waals surface area contributed by atoms with Gasteiger partial charge >= 0.3 is 0 Å². The molecule has 0 aliphatic heterocycles. The number of hydrogen-bond acceptors (Lipinski definition) is 3. The second-order valence-corrected chi connectivity index (χ2v) is 5.07. The Hall–Kier alpha value is -1.66. The van der Waals surface area contributed by atoms with E-state index in [1.807, 2.05) is 25.1 Å². The van der Waals surface area contributed by atoms with Gasteiger partial charge in [0.25, 0.3) is 5.91 Å². The molecule has 0 aliphatic rings. The molecule has 0 fully saturated rings. The van der Waals surface area contributed by atoms with E-state index in [0.717, 1.165) is 15.7 Å². The maximum atomic E-state index is 11.5. The zero-order valence-corrected chi connectivity index (χ0v) is 12.3. The Morgan fingerprint density at radius 1 is 1.47 bits per heavy atom. The summed E-state index contributed by atoms with van der Waals surface area (Å²) in [6.07, 6.45) is 1.75. The molecule has 6 heteroatoms. The molecule has 19 heavy (non-hydrogen) atoms. The zero-order valence-electron chi connectivity index (χ0n) is 10.7. The smallest absolute Gasteiger partial charge is 0.271 e. The van der Waals surface area contributed by atoms with E-state index in [4.69, 9.17) is 5.73 Å². The number of nitrogens with zero attached hydrogens (tertiary/aromatic N) is 2. The van der Waals surface area contributed by atoms with Crippen molar-refractivity contribution in [1.82, 2.24) is 15.1 Å². The van der Waals surface area contributed by atoms with Crippen LogP contribution in [0.25, 0.3) is 5.69 Å². The van der Waals surface area contributed by atoms with Gasteiger partial charge in [-0.3, -0.25) is 4.79 Å². The van der Waals surface area contributed by atoms with Crippen LogP contribution >= 0.6 is 15.9 Å². The van der Waals surface area contributed by atoms with E-state index in [9.17, 15) is 4.79 Å². The molecular weight excluding hydrogens is 308 g/mol. The fourth-order valence-electron chi connectivity index (χ4n) is 1.74. The van der Waals surface area contributed by atoms with Crippen LogP contribution in [0, 0.1) is 0 Å². The molecule has 1 atom stereocenters. The zero-order chi connectivity index (χ0) is 14.0. The van der Waals surface area contributed by atoms with Crippen molar-refractivity contribution in [2.75, 3.05) is 7.05 Å². The van der Waals surface area contributed by atoms with Crippen LogP contribution in [-0.2, 0) is 0 Å². The Kier molecular flexibility index (Phi) is 4.01. The number of carbonyl (C=O) groups is 1. The number of amides is 1. The van der Waals surface area contributed by atoms with E-state index in [1.54, 1.807) is 24.0 Å². The van der Waals surface area contributed by atoms with Crippen LogP contribution in [0.2, 0.25) is 0 Å². The average Bonchev–Trinajstić information content (AvgIpc) is 2.86. The van der Waals surface area contributed by atoms with Gasteiger partial charge in [0.15, 0.2) is 5.69 Å². The number of nitrogens with two attached hydrogens (primary N) is 1. The first-order valence-corrected chi connectivity index (χ1v) is 6.65. The van der Waals surface area contributed by atoms with E-state index in [1.165, 1.54) is 0 Å². The minimum Gasteiger partial charge on any atom is -0.354 e. The van der Waals surface area contributed by atoms with Gasteiger partial charge in [0.05, 0.1) is 5.69 Å². The summed E-state index contributed by atoms with van der Waals surface area (Å²) in [5.74, 6) is -0.204. The lowest BCUT2D eigenvalue weighted by molar-refractivity contribution is 0.0957. The molecule has 5 nitrogen and oxygen atoms in total. The molecule has 1 aromatic carbocycles. The van der Waals surface area contributed by atoms with Crippen LogP contribution in [0.15, 0.2) is 34.9 Å². The lowest BCUT2D eigenvalue weighted by Crippen LogP contribution is -2.18. The summed E-state index contributed by atoms with van der Waals surface area (Å²) in [4.78, 5) is 11.5. The van der Waals surface area contributed by atoms with Gasteiger partial charge in [-0.1, -0.05) is 22.0 Å². The largest absolute Gasteiger partial charge is 0.354 e. The van der Waals surface area contributed by atoms with E-state index < -0.39 is 0 Å². The van der Waals surface area contributed by atoms with Gasteiger partial charge in [0.1, 0.15) is 0 Å². The van der Waals surface area contributed by atoms with Crippen molar-refractivity contribution in [3.05, 3.63) is 46.2 Å². The van der Waals surface area contributed by atoms with Crippen molar-refractivity contribution in [3.63, 3.8) is 0 Å². The SMILES string of the molecule is CNC(=O)c1ccn(-c2ccc([C@H](C)N)c(Br)c2)n1. The van der Waals surface area contributed by atoms with Crippen molar-refractivity contribution in [1.29, 1.82) is 0 Å². The maximum Gasteiger partial charge on any atom is 0.271 e. The molecule has 2 rings (SSSR count). The fourth-order valence-corrected chi connectivity index (χ4v) is 2.47. The quantitative estimate of drug-likeness (QED) is 0.907. The van der Waals surface area contributed by atoms with Gasteiger partial charge < -0.3 is 11.1 Å². The molecule has 3 N–H and O–H groups in total. The summed E-state index contributed by atoms with van der Waals surface area (Å²) in [7, 11) is 1.58. The standard InChI is InChI=1S/C13H15BrN4O/c1-8(15)10-4-3-9(7-11(10)14)18-6-5-12(17-18)13(19)16-2/h3-8H,15H2,1-2H3,(H,16,19)/t8-/m0/s1. The molecule has 0 radical (unpaired) electrons. The molecule has 0 aliphatic carbocycles. The summed E-state index contributed by atoms with van der Waals surface area (Å²) < 4.78 is 2.58. The van der Waals surface area contributed by atoms with Gasteiger partial charge in [-0.05, 0) is 30.7 Å². The fraction of sp³-hybridized carbons (Fsp3) is 0.231. The van der Waals surface area contributed by atoms with Crippen molar-refractivity contribution >= 4 is 21.8 Å². The third-order valence-corrected chi connectivity index (χ3v) is 3.47. The van der Waals surface area contributed by atoms with Crippen LogP contribution in [-0.4, -0.2) is 22.7 Å². The summed E-state index contributed by atoms with van der Waals surface area (Å²) >= 11 is 3.49.